The molecule has 0 aromatic carbocycles. The summed E-state index contributed by atoms with van der Waals surface area (Å²) >= 11 is 1.48. The first-order chi connectivity index (χ1) is 16.8. The van der Waals surface area contributed by atoms with Gasteiger partial charge in [-0.3, -0.25) is 24.2 Å². The van der Waals surface area contributed by atoms with Gasteiger partial charge in [-0.15, -0.1) is 11.3 Å². The zero-order valence-corrected chi connectivity index (χ0v) is 20.3. The number of nitrogens with zero attached hydrogens (tertiary/aromatic N) is 6. The van der Waals surface area contributed by atoms with Crippen LogP contribution in [0.25, 0.3) is 37.2 Å². The molecule has 1 aliphatic rings. The molecule has 0 bridgehead atoms. The van der Waals surface area contributed by atoms with Crippen molar-refractivity contribution < 1.29 is 9.53 Å². The molecule has 0 radical (unpaired) electrons. The highest BCUT2D eigenvalue weighted by Crippen LogP contribution is 2.33. The number of fused-ring (bicyclic) bond motifs is 5. The van der Waals surface area contributed by atoms with E-state index in [1.165, 1.54) is 11.3 Å². The van der Waals surface area contributed by atoms with Crippen molar-refractivity contribution in [2.75, 3.05) is 25.0 Å². The molecule has 1 amide bonds. The van der Waals surface area contributed by atoms with Gasteiger partial charge in [-0.2, -0.15) is 10.2 Å². The number of hydrogen-bond acceptors (Lipinski definition) is 8. The molecule has 1 aliphatic heterocycles. The number of carbonyl (C=O) groups excluding carboxylic acids is 1. The molecule has 0 aliphatic carbocycles. The number of hydrogen-bond donors (Lipinski definition) is 2. The molecule has 12 heteroatoms. The van der Waals surface area contributed by atoms with E-state index in [9.17, 15) is 9.59 Å². The van der Waals surface area contributed by atoms with Gasteiger partial charge in [-0.05, 0) is 19.9 Å². The van der Waals surface area contributed by atoms with Crippen LogP contribution in [0.4, 0.5) is 5.69 Å². The third-order valence-electron chi connectivity index (χ3n) is 6.04. The maximum Gasteiger partial charge on any atom is 0.261 e. The van der Waals surface area contributed by atoms with E-state index in [4.69, 9.17) is 4.74 Å². The number of aromatic amines is 1. The number of thiazole rings is 1. The van der Waals surface area contributed by atoms with E-state index in [-0.39, 0.29) is 30.2 Å². The Bertz CT molecular complexity index is 1640. The van der Waals surface area contributed by atoms with Gasteiger partial charge in [0.2, 0.25) is 5.91 Å². The average molecular weight is 493 g/mol. The predicted molar refractivity (Wildman–Crippen MR) is 134 cm³/mol. The second kappa shape index (κ2) is 8.26. The monoisotopic (exact) mass is 492 g/mol. The molecule has 35 heavy (non-hydrogen) atoms. The molecule has 5 aromatic rings. The number of pyridine rings is 2. The fourth-order valence-electron chi connectivity index (χ4n) is 4.72. The van der Waals surface area contributed by atoms with Gasteiger partial charge >= 0.3 is 0 Å². The van der Waals surface area contributed by atoms with Crippen LogP contribution in [-0.2, 0) is 16.6 Å². The van der Waals surface area contributed by atoms with Gasteiger partial charge < -0.3 is 15.0 Å². The summed E-state index contributed by atoms with van der Waals surface area (Å²) in [7, 11) is 1.86. The molecule has 6 heterocycles. The first-order valence-electron chi connectivity index (χ1n) is 11.3. The molecule has 1 fully saturated rings. The van der Waals surface area contributed by atoms with Crippen LogP contribution in [0.3, 0.4) is 0 Å². The van der Waals surface area contributed by atoms with Crippen LogP contribution in [0.1, 0.15) is 13.8 Å². The van der Waals surface area contributed by atoms with E-state index in [1.54, 1.807) is 27.7 Å². The first kappa shape index (κ1) is 21.9. The minimum absolute atomic E-state index is 0.0892. The van der Waals surface area contributed by atoms with Gasteiger partial charge in [0.15, 0.2) is 0 Å². The van der Waals surface area contributed by atoms with Crippen LogP contribution in [0.2, 0.25) is 0 Å². The smallest absolute Gasteiger partial charge is 0.261 e. The van der Waals surface area contributed by atoms with Crippen molar-refractivity contribution in [3.8, 4) is 10.4 Å². The summed E-state index contributed by atoms with van der Waals surface area (Å²) in [4.78, 5) is 36.9. The lowest BCUT2D eigenvalue weighted by Crippen LogP contribution is -2.48. The number of H-pyrrole nitrogens is 1. The number of ether oxygens (including phenoxy) is 1. The molecule has 11 nitrogen and oxygen atoms in total. The van der Waals surface area contributed by atoms with E-state index in [0.29, 0.717) is 40.7 Å². The Kier molecular flexibility index (Phi) is 5.16. The topological polar surface area (TPSA) is 122 Å². The lowest BCUT2D eigenvalue weighted by atomic mass is 10.2. The van der Waals surface area contributed by atoms with Crippen LogP contribution in [-0.4, -0.2) is 72.0 Å². The highest BCUT2D eigenvalue weighted by atomic mass is 32.1. The Morgan fingerprint density at radius 1 is 1.23 bits per heavy atom. The first-order valence-corrected chi connectivity index (χ1v) is 12.2. The second-order valence-corrected chi connectivity index (χ2v) is 10.1. The SMILES string of the molecule is C[C@H]1CN(CC(=O)Nc2cnc3c(c2)[nH]c(=O)c2c3nn3cc(-c4cnn(C)c4)sc23)C[C@H](C)O1. The van der Waals surface area contributed by atoms with Crippen LogP contribution in [0, 0.1) is 0 Å². The Morgan fingerprint density at radius 3 is 2.77 bits per heavy atom. The normalized spacial score (nSPS) is 19.2. The minimum atomic E-state index is -0.247. The molecule has 1 saturated heterocycles. The molecule has 0 unspecified atom stereocenters. The predicted octanol–water partition coefficient (Wildman–Crippen LogP) is 2.23. The highest BCUT2D eigenvalue weighted by molar-refractivity contribution is 7.21. The summed E-state index contributed by atoms with van der Waals surface area (Å²) in [5.41, 5.74) is 2.87. The van der Waals surface area contributed by atoms with Crippen molar-refractivity contribution in [2.24, 2.45) is 7.05 Å². The Morgan fingerprint density at radius 2 is 2.03 bits per heavy atom. The molecule has 6 rings (SSSR count). The molecule has 0 saturated carbocycles. The van der Waals surface area contributed by atoms with Crippen LogP contribution < -0.4 is 10.9 Å². The van der Waals surface area contributed by atoms with Crippen molar-refractivity contribution in [3.05, 3.63) is 41.2 Å². The van der Waals surface area contributed by atoms with Gasteiger partial charge in [-0.1, -0.05) is 0 Å². The molecular weight excluding hydrogens is 468 g/mol. The average Bonchev–Trinajstić information content (AvgIpc) is 3.46. The van der Waals surface area contributed by atoms with Crippen LogP contribution in [0.5, 0.6) is 0 Å². The fourth-order valence-corrected chi connectivity index (χ4v) is 5.78. The third-order valence-corrected chi connectivity index (χ3v) is 7.18. The Balaban J connectivity index is 1.30. The zero-order valence-electron chi connectivity index (χ0n) is 19.5. The summed E-state index contributed by atoms with van der Waals surface area (Å²) in [6, 6.07) is 1.72. The Labute approximate surface area is 203 Å². The Hall–Kier alpha value is -3.61. The quantitative estimate of drug-likeness (QED) is 0.394. The van der Waals surface area contributed by atoms with E-state index in [1.807, 2.05) is 33.3 Å². The van der Waals surface area contributed by atoms with Crippen molar-refractivity contribution in [3.63, 3.8) is 0 Å². The maximum absolute atomic E-state index is 13.0. The number of nitrogens with one attached hydrogen (secondary N) is 2. The maximum atomic E-state index is 13.0. The van der Waals surface area contributed by atoms with Gasteiger partial charge in [0, 0.05) is 38.1 Å². The van der Waals surface area contributed by atoms with E-state index < -0.39 is 0 Å². The summed E-state index contributed by atoms with van der Waals surface area (Å²) in [5.74, 6) is -0.138. The van der Waals surface area contributed by atoms with Crippen molar-refractivity contribution >= 4 is 49.7 Å². The largest absolute Gasteiger partial charge is 0.373 e. The van der Waals surface area contributed by atoms with Crippen LogP contribution >= 0.6 is 11.3 Å². The lowest BCUT2D eigenvalue weighted by molar-refractivity contribution is -0.121. The standard InChI is InChI=1S/C23H24N8O3S/c1-12-7-30(8-13(2)34-12)11-18(32)26-15-4-16-20(24-6-15)21-19(22(33)27-16)23-31(28-21)10-17(35-23)14-5-25-29(3)9-14/h4-6,9-10,12-13H,7-8,11H2,1-3H3,(H,26,32)(H,27,33)/t12-,13-/m0/s1. The molecule has 180 valence electrons. The van der Waals surface area contributed by atoms with E-state index >= 15 is 0 Å². The summed E-state index contributed by atoms with van der Waals surface area (Å²) in [6.45, 7) is 5.69. The highest BCUT2D eigenvalue weighted by Gasteiger charge is 2.24. The number of rotatable bonds is 4. The number of amides is 1. The summed E-state index contributed by atoms with van der Waals surface area (Å²) < 4.78 is 9.18. The lowest BCUT2D eigenvalue weighted by Gasteiger charge is -2.34. The van der Waals surface area contributed by atoms with Gasteiger partial charge in [-0.25, -0.2) is 4.52 Å². The van der Waals surface area contributed by atoms with Crippen molar-refractivity contribution in [1.82, 2.24) is 34.3 Å². The number of aromatic nitrogens is 6. The van der Waals surface area contributed by atoms with Crippen LogP contribution in [0.15, 0.2) is 35.6 Å². The number of anilines is 1. The third kappa shape index (κ3) is 3.99. The number of morpholine rings is 1. The van der Waals surface area contributed by atoms with Gasteiger partial charge in [0.25, 0.3) is 5.56 Å². The summed E-state index contributed by atoms with van der Waals surface area (Å²) in [6.07, 6.45) is 7.37. The van der Waals surface area contributed by atoms with Gasteiger partial charge in [0.1, 0.15) is 21.3 Å². The molecular formula is C23H24N8O3S. The van der Waals surface area contributed by atoms with Gasteiger partial charge in [0.05, 0.1) is 47.2 Å². The fraction of sp³-hybridized carbons (Fsp3) is 0.348. The molecule has 0 spiro atoms. The van der Waals surface area contributed by atoms with Crippen molar-refractivity contribution in [2.45, 2.75) is 26.1 Å². The molecule has 5 aromatic heterocycles. The van der Waals surface area contributed by atoms with E-state index in [2.05, 4.69) is 30.4 Å². The number of carbonyl (C=O) groups is 1. The number of aryl methyl sites for hydroxylation is 1. The minimum Gasteiger partial charge on any atom is -0.373 e. The zero-order chi connectivity index (χ0) is 24.3. The van der Waals surface area contributed by atoms with E-state index in [0.717, 1.165) is 15.3 Å². The molecule has 2 N–H and O–H groups in total. The molecule has 2 atom stereocenters. The summed E-state index contributed by atoms with van der Waals surface area (Å²) in [5, 5.41) is 12.3. The van der Waals surface area contributed by atoms with Crippen molar-refractivity contribution in [1.29, 1.82) is 0 Å². The second-order valence-electron chi connectivity index (χ2n) is 9.05.